The van der Waals surface area contributed by atoms with Gasteiger partial charge in [0.2, 0.25) is 0 Å². The van der Waals surface area contributed by atoms with Gasteiger partial charge in [-0.25, -0.2) is 0 Å². The van der Waals surface area contributed by atoms with Gasteiger partial charge in [-0.3, -0.25) is 0 Å². The van der Waals surface area contributed by atoms with E-state index in [2.05, 4.69) is 93.1 Å². The van der Waals surface area contributed by atoms with Crippen LogP contribution in [0, 0.1) is 0 Å². The zero-order valence-corrected chi connectivity index (χ0v) is 23.3. The summed E-state index contributed by atoms with van der Waals surface area (Å²) in [5.74, 6) is 0.480. The Bertz CT molecular complexity index is 1610. The molecule has 7 rings (SSSR count). The zero-order chi connectivity index (χ0) is 24.6. The summed E-state index contributed by atoms with van der Waals surface area (Å²) in [6.45, 7) is 7.17. The van der Waals surface area contributed by atoms with Crippen LogP contribution in [-0.2, 0) is 12.5 Å². The Morgan fingerprint density at radius 3 is 2.56 bits per heavy atom. The van der Waals surface area contributed by atoms with Crippen LogP contribution in [0.3, 0.4) is 0 Å². The number of fused-ring (bicyclic) bond motifs is 6. The minimum absolute atomic E-state index is 0.00203. The van der Waals surface area contributed by atoms with Crippen LogP contribution in [0.4, 0.5) is 0 Å². The zero-order valence-electron chi connectivity index (χ0n) is 21.7. The first-order chi connectivity index (χ1) is 17.5. The molecule has 0 spiro atoms. The van der Waals surface area contributed by atoms with Crippen molar-refractivity contribution < 1.29 is 0 Å². The molecule has 1 atom stereocenters. The molecule has 36 heavy (non-hydrogen) atoms. The van der Waals surface area contributed by atoms with Gasteiger partial charge in [-0.2, -0.15) is 0 Å². The fraction of sp³-hybridized carbons (Fsp3) is 0.333. The first kappa shape index (κ1) is 22.8. The third kappa shape index (κ3) is 3.25. The summed E-state index contributed by atoms with van der Waals surface area (Å²) in [6, 6.07) is 19.3. The number of benzene rings is 3. The van der Waals surface area contributed by atoms with E-state index >= 15 is 0 Å². The fourth-order valence-electron chi connectivity index (χ4n) is 6.73. The third-order valence-corrected chi connectivity index (χ3v) is 11.3. The Labute approximate surface area is 223 Å². The van der Waals surface area contributed by atoms with Gasteiger partial charge in [0, 0.05) is 54.3 Å². The molecule has 0 saturated carbocycles. The standard InChI is InChI=1S/C33H33NS2/c1-5-6-11-20-21-12-7-8-13-25(21)33(2,3)26-16-23-24-18-31-32(36-30-15-10-9-14-29(30)35-31)19-28(24)34(4)27(23)17-22(20)26/h7-8,10,12-13,15-20H,5-6,9,11,14H2,1-4H3. The van der Waals surface area contributed by atoms with Gasteiger partial charge in [-0.05, 0) is 65.8 Å². The lowest BCUT2D eigenvalue weighted by atomic mass is 9.64. The Morgan fingerprint density at radius 1 is 0.917 bits per heavy atom. The summed E-state index contributed by atoms with van der Waals surface area (Å²) in [6.07, 6.45) is 10.7. The van der Waals surface area contributed by atoms with E-state index in [1.54, 1.807) is 10.5 Å². The molecule has 2 heterocycles. The van der Waals surface area contributed by atoms with Crippen molar-refractivity contribution in [1.82, 2.24) is 4.57 Å². The van der Waals surface area contributed by atoms with Gasteiger partial charge in [0.15, 0.2) is 0 Å². The average molecular weight is 508 g/mol. The Kier molecular flexibility index (Phi) is 5.28. The lowest BCUT2D eigenvalue weighted by Crippen LogP contribution is -2.29. The molecule has 0 N–H and O–H groups in total. The van der Waals surface area contributed by atoms with Gasteiger partial charge < -0.3 is 4.57 Å². The molecular weight excluding hydrogens is 475 g/mol. The van der Waals surface area contributed by atoms with Gasteiger partial charge in [0.1, 0.15) is 0 Å². The van der Waals surface area contributed by atoms with Gasteiger partial charge in [0.05, 0.1) is 5.52 Å². The Balaban J connectivity index is 1.46. The molecule has 3 heteroatoms. The molecule has 1 aliphatic heterocycles. The van der Waals surface area contributed by atoms with Crippen molar-refractivity contribution >= 4 is 45.3 Å². The summed E-state index contributed by atoms with van der Waals surface area (Å²) in [4.78, 5) is 5.83. The summed E-state index contributed by atoms with van der Waals surface area (Å²) < 4.78 is 2.45. The molecule has 182 valence electrons. The maximum Gasteiger partial charge on any atom is 0.0500 e. The highest BCUT2D eigenvalue weighted by Gasteiger charge is 2.37. The SMILES string of the molecule is CCCCC1c2ccccc2C(C)(C)c2cc3c4cc5c(cc4n(C)c3cc21)SC1=C(CCC=C1)S5. The highest BCUT2D eigenvalue weighted by molar-refractivity contribution is 8.09. The fourth-order valence-corrected chi connectivity index (χ4v) is 9.16. The number of allylic oxidation sites excluding steroid dienone is 3. The summed E-state index contributed by atoms with van der Waals surface area (Å²) >= 11 is 3.96. The summed E-state index contributed by atoms with van der Waals surface area (Å²) in [5.41, 5.74) is 8.82. The number of unbranched alkanes of at least 4 members (excludes halogenated alkanes) is 1. The number of nitrogens with zero attached hydrogens (tertiary/aromatic N) is 1. The maximum absolute atomic E-state index is 2.56. The molecule has 1 nitrogen and oxygen atoms in total. The lowest BCUT2D eigenvalue weighted by Gasteiger charge is -2.40. The maximum atomic E-state index is 2.56. The molecule has 0 bridgehead atoms. The van der Waals surface area contributed by atoms with E-state index < -0.39 is 0 Å². The van der Waals surface area contributed by atoms with Crippen molar-refractivity contribution in [1.29, 1.82) is 0 Å². The molecule has 0 amide bonds. The van der Waals surface area contributed by atoms with E-state index in [-0.39, 0.29) is 5.41 Å². The number of rotatable bonds is 3. The van der Waals surface area contributed by atoms with Crippen LogP contribution in [0.15, 0.2) is 80.3 Å². The second kappa shape index (κ2) is 8.33. The molecule has 4 aromatic rings. The smallest absolute Gasteiger partial charge is 0.0500 e. The lowest BCUT2D eigenvalue weighted by molar-refractivity contribution is 0.554. The second-order valence-corrected chi connectivity index (χ2v) is 13.4. The van der Waals surface area contributed by atoms with Gasteiger partial charge in [-0.1, -0.05) is 93.6 Å². The number of aromatic nitrogens is 1. The van der Waals surface area contributed by atoms with Crippen molar-refractivity contribution in [3.05, 3.63) is 92.7 Å². The molecule has 0 radical (unpaired) electrons. The van der Waals surface area contributed by atoms with Crippen molar-refractivity contribution in [2.45, 2.75) is 74.0 Å². The molecular formula is C33H33NS2. The van der Waals surface area contributed by atoms with E-state index in [4.69, 9.17) is 0 Å². The number of thioether (sulfide) groups is 2. The minimum atomic E-state index is -0.00203. The van der Waals surface area contributed by atoms with Crippen LogP contribution >= 0.6 is 23.5 Å². The Morgan fingerprint density at radius 2 is 1.69 bits per heavy atom. The third-order valence-electron chi connectivity index (χ3n) is 8.68. The number of aryl methyl sites for hydroxylation is 1. The second-order valence-electron chi connectivity index (χ2n) is 11.2. The van der Waals surface area contributed by atoms with Gasteiger partial charge in [-0.15, -0.1) is 0 Å². The first-order valence-electron chi connectivity index (χ1n) is 13.4. The number of hydrogen-bond donors (Lipinski definition) is 0. The van der Waals surface area contributed by atoms with Crippen LogP contribution in [0.1, 0.15) is 81.0 Å². The molecule has 3 aliphatic rings. The molecule has 3 aromatic carbocycles. The van der Waals surface area contributed by atoms with Crippen LogP contribution in [-0.4, -0.2) is 4.57 Å². The van der Waals surface area contributed by atoms with Crippen LogP contribution in [0.2, 0.25) is 0 Å². The van der Waals surface area contributed by atoms with Crippen molar-refractivity contribution in [2.75, 3.05) is 0 Å². The van der Waals surface area contributed by atoms with Gasteiger partial charge in [0.25, 0.3) is 0 Å². The van der Waals surface area contributed by atoms with Crippen LogP contribution in [0.5, 0.6) is 0 Å². The molecule has 0 fully saturated rings. The van der Waals surface area contributed by atoms with E-state index in [0.29, 0.717) is 5.92 Å². The van der Waals surface area contributed by atoms with E-state index in [9.17, 15) is 0 Å². The summed E-state index contributed by atoms with van der Waals surface area (Å²) in [5, 5.41) is 2.81. The van der Waals surface area contributed by atoms with Crippen molar-refractivity contribution in [2.24, 2.45) is 7.05 Å². The summed E-state index contributed by atoms with van der Waals surface area (Å²) in [7, 11) is 2.26. The normalized spacial score (nSPS) is 19.8. The molecule has 1 unspecified atom stereocenters. The van der Waals surface area contributed by atoms with Gasteiger partial charge >= 0.3 is 0 Å². The largest absolute Gasteiger partial charge is 0.344 e. The highest BCUT2D eigenvalue weighted by Crippen LogP contribution is 2.53. The van der Waals surface area contributed by atoms with E-state index in [0.717, 1.165) is 0 Å². The Hall–Kier alpha value is -2.36. The van der Waals surface area contributed by atoms with Crippen LogP contribution in [0.25, 0.3) is 21.8 Å². The van der Waals surface area contributed by atoms with Crippen molar-refractivity contribution in [3.8, 4) is 0 Å². The molecule has 1 aromatic heterocycles. The highest BCUT2D eigenvalue weighted by atomic mass is 32.2. The van der Waals surface area contributed by atoms with Crippen molar-refractivity contribution in [3.63, 3.8) is 0 Å². The van der Waals surface area contributed by atoms with E-state index in [1.807, 2.05) is 23.5 Å². The molecule has 2 aliphatic carbocycles. The quantitative estimate of drug-likeness (QED) is 0.272. The molecule has 0 saturated heterocycles. The van der Waals surface area contributed by atoms with E-state index in [1.165, 1.54) is 85.3 Å². The first-order valence-corrected chi connectivity index (χ1v) is 15.1. The predicted octanol–water partition coefficient (Wildman–Crippen LogP) is 10.1. The predicted molar refractivity (Wildman–Crippen MR) is 157 cm³/mol. The number of hydrogen-bond acceptors (Lipinski definition) is 2. The average Bonchev–Trinajstić information content (AvgIpc) is 3.15. The monoisotopic (exact) mass is 507 g/mol. The topological polar surface area (TPSA) is 4.93 Å². The van der Waals surface area contributed by atoms with Crippen LogP contribution < -0.4 is 0 Å². The minimum Gasteiger partial charge on any atom is -0.344 e.